The number of carbonyl (C=O) groups is 2. The van der Waals surface area contributed by atoms with Crippen molar-refractivity contribution in [1.82, 2.24) is 4.98 Å². The van der Waals surface area contributed by atoms with Crippen LogP contribution in [0.15, 0.2) is 24.3 Å². The lowest BCUT2D eigenvalue weighted by Gasteiger charge is -2.20. The van der Waals surface area contributed by atoms with Crippen LogP contribution < -0.4 is 0 Å². The van der Waals surface area contributed by atoms with Crippen molar-refractivity contribution in [3.8, 4) is 10.6 Å². The first-order valence-electron chi connectivity index (χ1n) is 7.51. The van der Waals surface area contributed by atoms with Crippen LogP contribution in [-0.4, -0.2) is 22.8 Å². The molecule has 1 aromatic heterocycles. The Morgan fingerprint density at radius 2 is 2.22 bits per heavy atom. The number of thiazole rings is 1. The van der Waals surface area contributed by atoms with Crippen LogP contribution in [-0.2, 0) is 9.53 Å². The van der Waals surface area contributed by atoms with E-state index < -0.39 is 12.1 Å². The molecule has 0 spiro atoms. The second kappa shape index (κ2) is 6.81. The van der Waals surface area contributed by atoms with Gasteiger partial charge in [0.2, 0.25) is 0 Å². The highest BCUT2D eigenvalue weighted by atomic mass is 35.5. The van der Waals surface area contributed by atoms with Gasteiger partial charge in [0.05, 0.1) is 5.69 Å². The van der Waals surface area contributed by atoms with Gasteiger partial charge in [0.15, 0.2) is 11.9 Å². The molecule has 0 unspecified atom stereocenters. The van der Waals surface area contributed by atoms with Crippen LogP contribution in [0.1, 0.15) is 41.0 Å². The van der Waals surface area contributed by atoms with Crippen molar-refractivity contribution in [2.45, 2.75) is 38.7 Å². The summed E-state index contributed by atoms with van der Waals surface area (Å²) in [5.74, 6) is -0.449. The van der Waals surface area contributed by atoms with Crippen LogP contribution >= 0.6 is 22.9 Å². The number of ether oxygens (including phenoxy) is 1. The SMILES string of the molecule is Cc1nc(-c2cccc(Cl)c2)sc1C(=O)O[C@H]1CCCCC1=O. The number of halogens is 1. The van der Waals surface area contributed by atoms with Gasteiger partial charge in [0, 0.05) is 17.0 Å². The zero-order valence-corrected chi connectivity index (χ0v) is 14.2. The molecule has 1 aromatic carbocycles. The monoisotopic (exact) mass is 349 g/mol. The van der Waals surface area contributed by atoms with Crippen molar-refractivity contribution < 1.29 is 14.3 Å². The minimum Gasteiger partial charge on any atom is -0.450 e. The Hall–Kier alpha value is -1.72. The average Bonchev–Trinajstić information content (AvgIpc) is 2.92. The number of aromatic nitrogens is 1. The third kappa shape index (κ3) is 3.62. The molecule has 23 heavy (non-hydrogen) atoms. The molecule has 0 radical (unpaired) electrons. The number of hydrogen-bond donors (Lipinski definition) is 0. The minimum absolute atomic E-state index is 0.0156. The fraction of sp³-hybridized carbons (Fsp3) is 0.353. The zero-order chi connectivity index (χ0) is 16.4. The Labute approximate surface area is 143 Å². The van der Waals surface area contributed by atoms with Gasteiger partial charge in [-0.15, -0.1) is 11.3 Å². The molecular weight excluding hydrogens is 334 g/mol. The Bertz CT molecular complexity index is 756. The second-order valence-corrected chi connectivity index (χ2v) is 6.99. The van der Waals surface area contributed by atoms with Gasteiger partial charge in [-0.2, -0.15) is 0 Å². The number of hydrogen-bond acceptors (Lipinski definition) is 5. The van der Waals surface area contributed by atoms with Crippen LogP contribution in [0.4, 0.5) is 0 Å². The molecule has 0 aliphatic heterocycles. The van der Waals surface area contributed by atoms with Crippen molar-refractivity contribution in [3.05, 3.63) is 39.9 Å². The number of rotatable bonds is 3. The summed E-state index contributed by atoms with van der Waals surface area (Å²) in [6.07, 6.45) is 2.30. The quantitative estimate of drug-likeness (QED) is 0.768. The maximum absolute atomic E-state index is 12.4. The molecule has 1 atom stereocenters. The topological polar surface area (TPSA) is 56.3 Å². The normalized spacial score (nSPS) is 18.0. The molecule has 6 heteroatoms. The zero-order valence-electron chi connectivity index (χ0n) is 12.7. The van der Waals surface area contributed by atoms with Crippen LogP contribution in [0, 0.1) is 6.92 Å². The highest BCUT2D eigenvalue weighted by Crippen LogP contribution is 2.30. The molecule has 4 nitrogen and oxygen atoms in total. The van der Waals surface area contributed by atoms with Crippen molar-refractivity contribution >= 4 is 34.7 Å². The van der Waals surface area contributed by atoms with Crippen molar-refractivity contribution in [2.75, 3.05) is 0 Å². The maximum atomic E-state index is 12.4. The van der Waals surface area contributed by atoms with Gasteiger partial charge in [-0.05, 0) is 38.3 Å². The summed E-state index contributed by atoms with van der Waals surface area (Å²) in [4.78, 5) is 29.0. The van der Waals surface area contributed by atoms with E-state index in [9.17, 15) is 9.59 Å². The van der Waals surface area contributed by atoms with Crippen LogP contribution in [0.2, 0.25) is 5.02 Å². The van der Waals surface area contributed by atoms with Crippen molar-refractivity contribution in [1.29, 1.82) is 0 Å². The van der Waals surface area contributed by atoms with E-state index in [1.165, 1.54) is 11.3 Å². The summed E-state index contributed by atoms with van der Waals surface area (Å²) in [5, 5.41) is 1.33. The van der Waals surface area contributed by atoms with Crippen molar-refractivity contribution in [3.63, 3.8) is 0 Å². The fourth-order valence-electron chi connectivity index (χ4n) is 2.59. The molecule has 1 aliphatic carbocycles. The van der Waals surface area contributed by atoms with Gasteiger partial charge < -0.3 is 4.74 Å². The number of aryl methyl sites for hydroxylation is 1. The summed E-state index contributed by atoms with van der Waals surface area (Å²) in [6, 6.07) is 7.33. The first-order chi connectivity index (χ1) is 11.0. The predicted molar refractivity (Wildman–Crippen MR) is 90.0 cm³/mol. The lowest BCUT2D eigenvalue weighted by atomic mass is 9.96. The Kier molecular flexibility index (Phi) is 4.78. The standard InChI is InChI=1S/C17H16ClNO3S/c1-10-15(17(21)22-14-8-3-2-7-13(14)20)23-16(19-10)11-5-4-6-12(18)9-11/h4-6,9,14H,2-3,7-8H2,1H3/t14-/m0/s1. The lowest BCUT2D eigenvalue weighted by molar-refractivity contribution is -0.129. The van der Waals surface area contributed by atoms with E-state index >= 15 is 0 Å². The summed E-state index contributed by atoms with van der Waals surface area (Å²) in [7, 11) is 0. The van der Waals surface area contributed by atoms with E-state index in [2.05, 4.69) is 4.98 Å². The first-order valence-corrected chi connectivity index (χ1v) is 8.71. The molecule has 1 fully saturated rings. The molecule has 2 aromatic rings. The molecule has 0 N–H and O–H groups in total. The summed E-state index contributed by atoms with van der Waals surface area (Å²) in [6.45, 7) is 1.77. The molecule has 0 amide bonds. The highest BCUT2D eigenvalue weighted by Gasteiger charge is 2.28. The number of esters is 1. The molecule has 120 valence electrons. The summed E-state index contributed by atoms with van der Waals surface area (Å²) < 4.78 is 5.40. The van der Waals surface area contributed by atoms with Gasteiger partial charge >= 0.3 is 5.97 Å². The van der Waals surface area contributed by atoms with Crippen molar-refractivity contribution in [2.24, 2.45) is 0 Å². The summed E-state index contributed by atoms with van der Waals surface area (Å²) >= 11 is 7.26. The van der Waals surface area contributed by atoms with Gasteiger partial charge in [-0.1, -0.05) is 23.7 Å². The van der Waals surface area contributed by atoms with E-state index in [-0.39, 0.29) is 5.78 Å². The molecule has 3 rings (SSSR count). The summed E-state index contributed by atoms with van der Waals surface area (Å²) in [5.41, 5.74) is 1.47. The Balaban J connectivity index is 1.80. The first kappa shape index (κ1) is 16.1. The molecule has 1 aliphatic rings. The molecule has 0 bridgehead atoms. The second-order valence-electron chi connectivity index (χ2n) is 5.55. The van der Waals surface area contributed by atoms with Gasteiger partial charge in [-0.3, -0.25) is 4.79 Å². The Morgan fingerprint density at radius 3 is 2.96 bits per heavy atom. The molecular formula is C17H16ClNO3S. The number of benzene rings is 1. The lowest BCUT2D eigenvalue weighted by Crippen LogP contribution is -2.30. The average molecular weight is 350 g/mol. The maximum Gasteiger partial charge on any atom is 0.350 e. The number of ketones is 1. The Morgan fingerprint density at radius 1 is 1.39 bits per heavy atom. The van der Waals surface area contributed by atoms with Gasteiger partial charge in [0.1, 0.15) is 9.88 Å². The smallest absolute Gasteiger partial charge is 0.350 e. The third-order valence-electron chi connectivity index (χ3n) is 3.80. The molecule has 0 saturated heterocycles. The number of nitrogens with zero attached hydrogens (tertiary/aromatic N) is 1. The fourth-order valence-corrected chi connectivity index (χ4v) is 3.72. The van der Waals surface area contributed by atoms with E-state index in [0.29, 0.717) is 33.4 Å². The van der Waals surface area contributed by atoms with E-state index in [1.54, 1.807) is 19.1 Å². The predicted octanol–water partition coefficient (Wildman–Crippen LogP) is 4.44. The largest absolute Gasteiger partial charge is 0.450 e. The molecule has 1 saturated carbocycles. The van der Waals surface area contributed by atoms with E-state index in [4.69, 9.17) is 16.3 Å². The number of Topliss-reactive ketones (excluding diaryl/α,β-unsaturated/α-hetero) is 1. The molecule has 1 heterocycles. The van der Waals surface area contributed by atoms with Crippen LogP contribution in [0.3, 0.4) is 0 Å². The third-order valence-corrected chi connectivity index (χ3v) is 5.22. The van der Waals surface area contributed by atoms with Gasteiger partial charge in [0.25, 0.3) is 0 Å². The number of carbonyl (C=O) groups excluding carboxylic acids is 2. The van der Waals surface area contributed by atoms with Gasteiger partial charge in [-0.25, -0.2) is 9.78 Å². The van der Waals surface area contributed by atoms with E-state index in [1.807, 2.05) is 12.1 Å². The highest BCUT2D eigenvalue weighted by molar-refractivity contribution is 7.17. The minimum atomic E-state index is -0.604. The van der Waals surface area contributed by atoms with E-state index in [0.717, 1.165) is 18.4 Å². The van der Waals surface area contributed by atoms with Crippen LogP contribution in [0.5, 0.6) is 0 Å². The van der Waals surface area contributed by atoms with Crippen LogP contribution in [0.25, 0.3) is 10.6 Å².